The van der Waals surface area contributed by atoms with E-state index in [1.165, 1.54) is 0 Å². The van der Waals surface area contributed by atoms with Crippen molar-refractivity contribution in [3.63, 3.8) is 0 Å². The number of hydrogen-bond donors (Lipinski definition) is 4. The summed E-state index contributed by atoms with van der Waals surface area (Å²) in [6.45, 7) is 2.44. The van der Waals surface area contributed by atoms with Gasteiger partial charge >= 0.3 is 11.9 Å². The summed E-state index contributed by atoms with van der Waals surface area (Å²) in [5.41, 5.74) is 0. The Morgan fingerprint density at radius 3 is 1.50 bits per heavy atom. The van der Waals surface area contributed by atoms with Gasteiger partial charge in [0.1, 0.15) is 0 Å². The fraction of sp³-hybridized carbons (Fsp3) is 0.778. The van der Waals surface area contributed by atoms with Crippen LogP contribution in [0.15, 0.2) is 0 Å². The smallest absolute Gasteiger partial charge is 0.304 e. The number of halogens is 1. The Morgan fingerprint density at radius 2 is 1.19 bits per heavy atom. The van der Waals surface area contributed by atoms with Crippen molar-refractivity contribution in [2.45, 2.75) is 19.3 Å². The maximum atomic E-state index is 10.1. The van der Waals surface area contributed by atoms with Gasteiger partial charge in [-0.25, -0.2) is 0 Å². The molecule has 0 aromatic heterocycles. The van der Waals surface area contributed by atoms with E-state index < -0.39 is 11.9 Å². The van der Waals surface area contributed by atoms with Crippen LogP contribution in [-0.4, -0.2) is 48.3 Å². The van der Waals surface area contributed by atoms with Gasteiger partial charge in [0.25, 0.3) is 0 Å². The van der Waals surface area contributed by atoms with Gasteiger partial charge in [-0.3, -0.25) is 9.59 Å². The van der Waals surface area contributed by atoms with Crippen molar-refractivity contribution in [1.29, 1.82) is 0 Å². The molecule has 0 radical (unpaired) electrons. The molecule has 0 saturated heterocycles. The molecule has 4 N–H and O–H groups in total. The minimum atomic E-state index is -0.804. The van der Waals surface area contributed by atoms with Crippen LogP contribution in [-0.2, 0) is 9.59 Å². The average Bonchev–Trinajstić information content (AvgIpc) is 2.14. The summed E-state index contributed by atoms with van der Waals surface area (Å²) in [6, 6.07) is 0. The van der Waals surface area contributed by atoms with Crippen LogP contribution in [0.4, 0.5) is 0 Å². The summed E-state index contributed by atoms with van der Waals surface area (Å²) in [5, 5.41) is 22.6. The predicted molar refractivity (Wildman–Crippen MR) is 62.1 cm³/mol. The molecule has 16 heavy (non-hydrogen) atoms. The molecular weight excluding hydrogens is 236 g/mol. The zero-order valence-corrected chi connectivity index (χ0v) is 9.89. The molecule has 0 aliphatic rings. The second-order valence-electron chi connectivity index (χ2n) is 3.14. The van der Waals surface area contributed by atoms with Gasteiger partial charge in [-0.2, -0.15) is 0 Å². The number of aliphatic carboxylic acids is 2. The Hall–Kier alpha value is -0.850. The third kappa shape index (κ3) is 15.6. The minimum Gasteiger partial charge on any atom is -0.481 e. The first-order valence-corrected chi connectivity index (χ1v) is 4.98. The van der Waals surface area contributed by atoms with Crippen LogP contribution in [0.3, 0.4) is 0 Å². The van der Waals surface area contributed by atoms with E-state index in [9.17, 15) is 9.59 Å². The maximum absolute atomic E-state index is 10.1. The van der Waals surface area contributed by atoms with Crippen molar-refractivity contribution in [2.24, 2.45) is 0 Å². The van der Waals surface area contributed by atoms with Crippen molar-refractivity contribution < 1.29 is 19.8 Å². The van der Waals surface area contributed by atoms with Crippen molar-refractivity contribution in [3.8, 4) is 0 Å². The van der Waals surface area contributed by atoms with Crippen molar-refractivity contribution >= 4 is 24.3 Å². The number of rotatable bonds is 10. The Balaban J connectivity index is 0. The third-order valence-electron chi connectivity index (χ3n) is 1.74. The molecule has 6 nitrogen and oxygen atoms in total. The van der Waals surface area contributed by atoms with E-state index in [0.717, 1.165) is 19.5 Å². The first-order chi connectivity index (χ1) is 7.13. The Labute approximate surface area is 101 Å². The fourth-order valence-electron chi connectivity index (χ4n) is 0.979. The molecular formula is C9H19ClN2O4. The number of hydrogen-bond acceptors (Lipinski definition) is 4. The van der Waals surface area contributed by atoms with E-state index >= 15 is 0 Å². The van der Waals surface area contributed by atoms with Gasteiger partial charge in [-0.05, 0) is 19.5 Å². The monoisotopic (exact) mass is 254 g/mol. The summed E-state index contributed by atoms with van der Waals surface area (Å²) in [4.78, 5) is 20.3. The SMILES string of the molecule is Cl.O=C(O)CCNCCCNCCC(=O)O. The second kappa shape index (κ2) is 12.2. The quantitative estimate of drug-likeness (QED) is 0.407. The molecule has 0 spiro atoms. The normalized spacial score (nSPS) is 9.50. The van der Waals surface area contributed by atoms with Crippen LogP contribution in [0.25, 0.3) is 0 Å². The Bertz CT molecular complexity index is 182. The molecule has 0 aliphatic carbocycles. The van der Waals surface area contributed by atoms with Crippen molar-refractivity contribution in [1.82, 2.24) is 10.6 Å². The van der Waals surface area contributed by atoms with Gasteiger partial charge < -0.3 is 20.8 Å². The Kier molecular flexibility index (Phi) is 13.4. The summed E-state index contributed by atoms with van der Waals surface area (Å²) >= 11 is 0. The van der Waals surface area contributed by atoms with Gasteiger partial charge in [0, 0.05) is 13.1 Å². The molecule has 0 atom stereocenters. The number of carboxylic acids is 2. The molecule has 0 saturated carbocycles. The van der Waals surface area contributed by atoms with E-state index in [0.29, 0.717) is 13.1 Å². The molecule has 0 aromatic carbocycles. The lowest BCUT2D eigenvalue weighted by Crippen LogP contribution is -2.25. The Morgan fingerprint density at radius 1 is 0.812 bits per heavy atom. The molecule has 0 aromatic rings. The fourth-order valence-corrected chi connectivity index (χ4v) is 0.979. The largest absolute Gasteiger partial charge is 0.481 e. The number of carbonyl (C=O) groups is 2. The summed E-state index contributed by atoms with van der Waals surface area (Å²) in [6.07, 6.45) is 1.12. The summed E-state index contributed by atoms with van der Waals surface area (Å²) in [7, 11) is 0. The lowest BCUT2D eigenvalue weighted by atomic mass is 10.3. The lowest BCUT2D eigenvalue weighted by molar-refractivity contribution is -0.137. The third-order valence-corrected chi connectivity index (χ3v) is 1.74. The highest BCUT2D eigenvalue weighted by Gasteiger charge is 1.96. The van der Waals surface area contributed by atoms with Crippen LogP contribution in [0.5, 0.6) is 0 Å². The lowest BCUT2D eigenvalue weighted by Gasteiger charge is -2.04. The van der Waals surface area contributed by atoms with Gasteiger partial charge in [0.05, 0.1) is 12.8 Å². The van der Waals surface area contributed by atoms with E-state index in [1.54, 1.807) is 0 Å². The molecule has 7 heteroatoms. The highest BCUT2D eigenvalue weighted by atomic mass is 35.5. The van der Waals surface area contributed by atoms with Gasteiger partial charge in [-0.1, -0.05) is 0 Å². The zero-order chi connectivity index (χ0) is 11.5. The van der Waals surface area contributed by atoms with Gasteiger partial charge in [0.2, 0.25) is 0 Å². The maximum Gasteiger partial charge on any atom is 0.304 e. The first-order valence-electron chi connectivity index (χ1n) is 4.98. The zero-order valence-electron chi connectivity index (χ0n) is 9.07. The van der Waals surface area contributed by atoms with E-state index in [2.05, 4.69) is 10.6 Å². The molecule has 0 fully saturated rings. The minimum absolute atomic E-state index is 0. The molecule has 0 heterocycles. The molecule has 0 unspecified atom stereocenters. The summed E-state index contributed by atoms with van der Waals surface area (Å²) in [5.74, 6) is -1.61. The standard InChI is InChI=1S/C9H18N2O4.ClH/c12-8(13)2-6-10-4-1-5-11-7-3-9(14)15;/h10-11H,1-7H2,(H,12,13)(H,14,15);1H. The van der Waals surface area contributed by atoms with Crippen LogP contribution in [0.2, 0.25) is 0 Å². The molecule has 0 aliphatic heterocycles. The summed E-state index contributed by atoms with van der Waals surface area (Å²) < 4.78 is 0. The van der Waals surface area contributed by atoms with E-state index in [1.807, 2.05) is 0 Å². The van der Waals surface area contributed by atoms with Crippen molar-refractivity contribution in [2.75, 3.05) is 26.2 Å². The highest BCUT2D eigenvalue weighted by molar-refractivity contribution is 5.85. The topological polar surface area (TPSA) is 98.7 Å². The number of nitrogens with one attached hydrogen (secondary N) is 2. The number of carboxylic acid groups (broad SMARTS) is 2. The van der Waals surface area contributed by atoms with Crippen LogP contribution in [0.1, 0.15) is 19.3 Å². The molecule has 0 rings (SSSR count). The first kappa shape index (κ1) is 17.5. The van der Waals surface area contributed by atoms with E-state index in [4.69, 9.17) is 10.2 Å². The molecule has 0 bridgehead atoms. The highest BCUT2D eigenvalue weighted by Crippen LogP contribution is 1.79. The molecule has 96 valence electrons. The predicted octanol–water partition coefficient (Wildman–Crippen LogP) is -0.0731. The van der Waals surface area contributed by atoms with Gasteiger partial charge in [0.15, 0.2) is 0 Å². The van der Waals surface area contributed by atoms with Gasteiger partial charge in [-0.15, -0.1) is 12.4 Å². The van der Waals surface area contributed by atoms with Crippen LogP contribution < -0.4 is 10.6 Å². The average molecular weight is 255 g/mol. The van der Waals surface area contributed by atoms with Crippen molar-refractivity contribution in [3.05, 3.63) is 0 Å². The van der Waals surface area contributed by atoms with E-state index in [-0.39, 0.29) is 25.2 Å². The molecule has 0 amide bonds. The second-order valence-corrected chi connectivity index (χ2v) is 3.14. The van der Waals surface area contributed by atoms with Crippen LogP contribution in [0, 0.1) is 0 Å². The van der Waals surface area contributed by atoms with Crippen LogP contribution >= 0.6 is 12.4 Å².